The van der Waals surface area contributed by atoms with E-state index in [2.05, 4.69) is 33.2 Å². The van der Waals surface area contributed by atoms with Crippen molar-refractivity contribution >= 4 is 17.3 Å². The third kappa shape index (κ3) is 2.59. The molecule has 1 aromatic carbocycles. The molecule has 2 saturated heterocycles. The highest BCUT2D eigenvalue weighted by molar-refractivity contribution is 5.95. The quantitative estimate of drug-likeness (QED) is 0.798. The van der Waals surface area contributed by atoms with Crippen molar-refractivity contribution in [3.05, 3.63) is 24.3 Å². The first-order chi connectivity index (χ1) is 10.8. The van der Waals surface area contributed by atoms with Gasteiger partial charge in [-0.3, -0.25) is 10.2 Å². The first-order valence-electron chi connectivity index (χ1n) is 8.48. The van der Waals surface area contributed by atoms with E-state index in [0.29, 0.717) is 12.0 Å². The SMILES string of the molecule is O=C(Nc1ccc(N2CCCC2)cc1)C1NNC2CCCC21. The molecular weight excluding hydrogens is 276 g/mol. The van der Waals surface area contributed by atoms with Crippen LogP contribution in [-0.4, -0.2) is 31.1 Å². The molecule has 4 rings (SSSR count). The second kappa shape index (κ2) is 5.89. The van der Waals surface area contributed by atoms with Gasteiger partial charge in [-0.1, -0.05) is 6.42 Å². The molecule has 0 radical (unpaired) electrons. The molecule has 0 aromatic heterocycles. The summed E-state index contributed by atoms with van der Waals surface area (Å²) in [6.45, 7) is 2.29. The van der Waals surface area contributed by atoms with E-state index < -0.39 is 0 Å². The predicted octanol–water partition coefficient (Wildman–Crippen LogP) is 1.87. The monoisotopic (exact) mass is 300 g/mol. The van der Waals surface area contributed by atoms with Crippen LogP contribution in [0.2, 0.25) is 0 Å². The maximum atomic E-state index is 12.5. The lowest BCUT2D eigenvalue weighted by Gasteiger charge is -2.19. The molecule has 1 amide bonds. The van der Waals surface area contributed by atoms with Crippen molar-refractivity contribution in [2.45, 2.75) is 44.2 Å². The second-order valence-corrected chi connectivity index (χ2v) is 6.70. The molecule has 1 saturated carbocycles. The van der Waals surface area contributed by atoms with Gasteiger partial charge in [0.05, 0.1) is 0 Å². The summed E-state index contributed by atoms with van der Waals surface area (Å²) in [5.74, 6) is 0.514. The number of fused-ring (bicyclic) bond motifs is 1. The third-order valence-electron chi connectivity index (χ3n) is 5.31. The van der Waals surface area contributed by atoms with Crippen molar-refractivity contribution in [3.63, 3.8) is 0 Å². The molecule has 3 unspecified atom stereocenters. The number of nitrogens with one attached hydrogen (secondary N) is 3. The van der Waals surface area contributed by atoms with Crippen LogP contribution in [0.5, 0.6) is 0 Å². The van der Waals surface area contributed by atoms with Gasteiger partial charge in [-0.05, 0) is 49.9 Å². The van der Waals surface area contributed by atoms with Crippen LogP contribution in [0.3, 0.4) is 0 Å². The van der Waals surface area contributed by atoms with Crippen LogP contribution in [0.25, 0.3) is 0 Å². The van der Waals surface area contributed by atoms with Crippen LogP contribution in [0, 0.1) is 5.92 Å². The molecule has 1 aromatic rings. The van der Waals surface area contributed by atoms with Crippen LogP contribution in [0.4, 0.5) is 11.4 Å². The molecule has 0 spiro atoms. The van der Waals surface area contributed by atoms with Gasteiger partial charge in [0.25, 0.3) is 0 Å². The molecule has 3 fully saturated rings. The number of hydrogen-bond acceptors (Lipinski definition) is 4. The van der Waals surface area contributed by atoms with Crippen molar-refractivity contribution < 1.29 is 4.79 Å². The number of amides is 1. The topological polar surface area (TPSA) is 56.4 Å². The molecule has 5 nitrogen and oxygen atoms in total. The van der Waals surface area contributed by atoms with Gasteiger partial charge in [0, 0.05) is 36.4 Å². The van der Waals surface area contributed by atoms with Crippen molar-refractivity contribution in [2.24, 2.45) is 5.92 Å². The van der Waals surface area contributed by atoms with Crippen molar-refractivity contribution in [3.8, 4) is 0 Å². The Kier molecular flexibility index (Phi) is 3.76. The van der Waals surface area contributed by atoms with Crippen molar-refractivity contribution in [1.29, 1.82) is 0 Å². The molecule has 5 heteroatoms. The molecule has 3 N–H and O–H groups in total. The number of rotatable bonds is 3. The number of carbonyl (C=O) groups excluding carboxylic acids is 1. The zero-order valence-electron chi connectivity index (χ0n) is 12.8. The van der Waals surface area contributed by atoms with Crippen LogP contribution >= 0.6 is 0 Å². The minimum Gasteiger partial charge on any atom is -0.372 e. The Hall–Kier alpha value is -1.59. The largest absolute Gasteiger partial charge is 0.372 e. The molecule has 3 atom stereocenters. The van der Waals surface area contributed by atoms with Crippen molar-refractivity contribution in [2.75, 3.05) is 23.3 Å². The van der Waals surface area contributed by atoms with E-state index in [1.54, 1.807) is 0 Å². The van der Waals surface area contributed by atoms with Gasteiger partial charge < -0.3 is 10.2 Å². The first kappa shape index (κ1) is 14.0. The predicted molar refractivity (Wildman–Crippen MR) is 87.7 cm³/mol. The average molecular weight is 300 g/mol. The standard InChI is InChI=1S/C17H24N4O/c22-17(16-14-4-3-5-15(14)19-20-16)18-12-6-8-13(9-7-12)21-10-1-2-11-21/h6-9,14-16,19-20H,1-5,10-11H2,(H,18,22). The Balaban J connectivity index is 1.39. The van der Waals surface area contributed by atoms with Crippen LogP contribution in [0.1, 0.15) is 32.1 Å². The summed E-state index contributed by atoms with van der Waals surface area (Å²) in [6.07, 6.45) is 6.09. The summed E-state index contributed by atoms with van der Waals surface area (Å²) in [6, 6.07) is 8.61. The van der Waals surface area contributed by atoms with Gasteiger partial charge in [0.15, 0.2) is 0 Å². The Morgan fingerprint density at radius 3 is 2.59 bits per heavy atom. The highest BCUT2D eigenvalue weighted by atomic mass is 16.2. The highest BCUT2D eigenvalue weighted by Gasteiger charge is 2.42. The maximum absolute atomic E-state index is 12.5. The summed E-state index contributed by atoms with van der Waals surface area (Å²) >= 11 is 0. The number of nitrogens with zero attached hydrogens (tertiary/aromatic N) is 1. The minimum atomic E-state index is -0.106. The summed E-state index contributed by atoms with van der Waals surface area (Å²) < 4.78 is 0. The van der Waals surface area contributed by atoms with Crippen LogP contribution < -0.4 is 21.1 Å². The van der Waals surface area contributed by atoms with Gasteiger partial charge in [0.2, 0.25) is 5.91 Å². The Labute approximate surface area is 131 Å². The van der Waals surface area contributed by atoms with Gasteiger partial charge >= 0.3 is 0 Å². The summed E-state index contributed by atoms with van der Waals surface area (Å²) in [7, 11) is 0. The van der Waals surface area contributed by atoms with Gasteiger partial charge in [-0.25, -0.2) is 5.43 Å². The van der Waals surface area contributed by atoms with Gasteiger partial charge in [0.1, 0.15) is 6.04 Å². The molecule has 22 heavy (non-hydrogen) atoms. The highest BCUT2D eigenvalue weighted by Crippen LogP contribution is 2.32. The van der Waals surface area contributed by atoms with E-state index in [1.165, 1.54) is 31.4 Å². The average Bonchev–Trinajstić information content (AvgIpc) is 3.25. The number of hydrogen-bond donors (Lipinski definition) is 3. The number of hydrazine groups is 1. The summed E-state index contributed by atoms with van der Waals surface area (Å²) in [5, 5.41) is 3.05. The molecule has 118 valence electrons. The fraction of sp³-hybridized carbons (Fsp3) is 0.588. The van der Waals surface area contributed by atoms with Crippen LogP contribution in [0.15, 0.2) is 24.3 Å². The zero-order valence-corrected chi connectivity index (χ0v) is 12.8. The fourth-order valence-electron chi connectivity index (χ4n) is 4.08. The molecule has 3 aliphatic rings. The molecule has 1 aliphatic carbocycles. The smallest absolute Gasteiger partial charge is 0.243 e. The number of anilines is 2. The van der Waals surface area contributed by atoms with E-state index in [4.69, 9.17) is 0 Å². The van der Waals surface area contributed by atoms with Gasteiger partial charge in [-0.15, -0.1) is 0 Å². The molecule has 2 heterocycles. The van der Waals surface area contributed by atoms with E-state index in [9.17, 15) is 4.79 Å². The van der Waals surface area contributed by atoms with E-state index in [-0.39, 0.29) is 11.9 Å². The van der Waals surface area contributed by atoms with E-state index >= 15 is 0 Å². The third-order valence-corrected chi connectivity index (χ3v) is 5.31. The van der Waals surface area contributed by atoms with Gasteiger partial charge in [-0.2, -0.15) is 0 Å². The minimum absolute atomic E-state index is 0.0795. The number of carbonyl (C=O) groups is 1. The fourth-order valence-corrected chi connectivity index (χ4v) is 4.08. The lowest BCUT2D eigenvalue weighted by atomic mass is 9.96. The second-order valence-electron chi connectivity index (χ2n) is 6.70. The Morgan fingerprint density at radius 1 is 1.05 bits per heavy atom. The summed E-state index contributed by atoms with van der Waals surface area (Å²) in [4.78, 5) is 14.9. The van der Waals surface area contributed by atoms with E-state index in [0.717, 1.165) is 25.2 Å². The first-order valence-corrected chi connectivity index (χ1v) is 8.48. The maximum Gasteiger partial charge on any atom is 0.243 e. The van der Waals surface area contributed by atoms with Crippen LogP contribution in [-0.2, 0) is 4.79 Å². The van der Waals surface area contributed by atoms with Crippen molar-refractivity contribution in [1.82, 2.24) is 10.9 Å². The lowest BCUT2D eigenvalue weighted by molar-refractivity contribution is -0.118. The molecule has 0 bridgehead atoms. The number of benzene rings is 1. The lowest BCUT2D eigenvalue weighted by Crippen LogP contribution is -2.42. The van der Waals surface area contributed by atoms with E-state index in [1.807, 2.05) is 12.1 Å². The normalized spacial score (nSPS) is 30.5. The molecule has 2 aliphatic heterocycles. The Bertz CT molecular complexity index is 538. The zero-order chi connectivity index (χ0) is 14.9. The molecular formula is C17H24N4O. The summed E-state index contributed by atoms with van der Waals surface area (Å²) in [5.41, 5.74) is 8.57. The Morgan fingerprint density at radius 2 is 1.82 bits per heavy atom.